The number of hydrogen-bond donors (Lipinski definition) is 2. The number of fused-ring (bicyclic) bond motifs is 1. The highest BCUT2D eigenvalue weighted by Gasteiger charge is 2.15. The van der Waals surface area contributed by atoms with E-state index in [0.29, 0.717) is 16.3 Å². The van der Waals surface area contributed by atoms with Crippen LogP contribution in [0.2, 0.25) is 0 Å². The maximum atomic E-state index is 13.7. The van der Waals surface area contributed by atoms with Crippen LogP contribution in [0.3, 0.4) is 0 Å². The van der Waals surface area contributed by atoms with E-state index in [1.807, 2.05) is 0 Å². The number of carboxylic acid groups (broad SMARTS) is 1. The molecule has 1 atom stereocenters. The second-order valence-electron chi connectivity index (χ2n) is 4.61. The van der Waals surface area contributed by atoms with Crippen LogP contribution < -0.4 is 5.32 Å². The Morgan fingerprint density at radius 3 is 2.50 bits per heavy atom. The molecule has 5 heteroatoms. The quantitative estimate of drug-likeness (QED) is 0.901. The van der Waals surface area contributed by atoms with Crippen LogP contribution in [0, 0.1) is 5.82 Å². The van der Waals surface area contributed by atoms with E-state index >= 15 is 0 Å². The third-order valence-electron chi connectivity index (χ3n) is 2.97. The fraction of sp³-hybridized carbons (Fsp3) is 0.200. The topological polar surface area (TPSA) is 66.4 Å². The lowest BCUT2D eigenvalue weighted by molar-refractivity contribution is -0.137. The minimum Gasteiger partial charge on any atom is -0.481 e. The van der Waals surface area contributed by atoms with Crippen molar-refractivity contribution in [2.45, 2.75) is 19.4 Å². The molecule has 0 aromatic heterocycles. The molecule has 0 saturated carbocycles. The van der Waals surface area contributed by atoms with E-state index in [9.17, 15) is 14.0 Å². The molecule has 0 aliphatic carbocycles. The second-order valence-corrected chi connectivity index (χ2v) is 4.61. The summed E-state index contributed by atoms with van der Waals surface area (Å²) >= 11 is 0. The maximum absolute atomic E-state index is 13.7. The van der Waals surface area contributed by atoms with Crippen molar-refractivity contribution in [2.75, 3.05) is 0 Å². The molecule has 0 saturated heterocycles. The number of hydrogen-bond acceptors (Lipinski definition) is 2. The van der Waals surface area contributed by atoms with Crippen LogP contribution in [-0.4, -0.2) is 23.0 Å². The average molecular weight is 275 g/mol. The van der Waals surface area contributed by atoms with Gasteiger partial charge in [0.2, 0.25) is 0 Å². The number of amides is 1. The van der Waals surface area contributed by atoms with Crippen LogP contribution in [0.15, 0.2) is 36.4 Å². The number of carboxylic acids is 1. The van der Waals surface area contributed by atoms with Crippen molar-refractivity contribution >= 4 is 22.6 Å². The number of rotatable bonds is 4. The molecule has 104 valence electrons. The minimum atomic E-state index is -0.984. The van der Waals surface area contributed by atoms with Gasteiger partial charge in [0.15, 0.2) is 0 Å². The van der Waals surface area contributed by atoms with E-state index < -0.39 is 23.7 Å². The van der Waals surface area contributed by atoms with Gasteiger partial charge in [-0.15, -0.1) is 0 Å². The van der Waals surface area contributed by atoms with Gasteiger partial charge in [0.25, 0.3) is 5.91 Å². The summed E-state index contributed by atoms with van der Waals surface area (Å²) in [5.74, 6) is -1.78. The summed E-state index contributed by atoms with van der Waals surface area (Å²) in [4.78, 5) is 22.7. The third-order valence-corrected chi connectivity index (χ3v) is 2.97. The normalized spacial score (nSPS) is 12.1. The van der Waals surface area contributed by atoms with Crippen molar-refractivity contribution in [1.82, 2.24) is 5.32 Å². The predicted octanol–water partition coefficient (Wildman–Crippen LogP) is 2.57. The van der Waals surface area contributed by atoms with Gasteiger partial charge in [0, 0.05) is 17.0 Å². The molecular weight excluding hydrogens is 261 g/mol. The molecule has 4 nitrogen and oxygen atoms in total. The smallest absolute Gasteiger partial charge is 0.305 e. The van der Waals surface area contributed by atoms with Crippen molar-refractivity contribution in [2.24, 2.45) is 0 Å². The second kappa shape index (κ2) is 5.69. The van der Waals surface area contributed by atoms with E-state index in [-0.39, 0.29) is 6.42 Å². The molecule has 0 heterocycles. The van der Waals surface area contributed by atoms with Crippen molar-refractivity contribution < 1.29 is 19.1 Å². The van der Waals surface area contributed by atoms with Gasteiger partial charge >= 0.3 is 5.97 Å². The number of benzene rings is 2. The molecule has 2 rings (SSSR count). The zero-order valence-corrected chi connectivity index (χ0v) is 10.9. The first kappa shape index (κ1) is 14.0. The fourth-order valence-corrected chi connectivity index (χ4v) is 2.07. The molecular formula is C15H14FNO3. The van der Waals surface area contributed by atoms with E-state index in [4.69, 9.17) is 5.11 Å². The molecule has 0 spiro atoms. The molecule has 2 aromatic rings. The first-order valence-corrected chi connectivity index (χ1v) is 6.19. The fourth-order valence-electron chi connectivity index (χ4n) is 2.07. The monoisotopic (exact) mass is 275 g/mol. The lowest BCUT2D eigenvalue weighted by atomic mass is 10.0. The van der Waals surface area contributed by atoms with Crippen LogP contribution in [0.1, 0.15) is 23.7 Å². The zero-order chi connectivity index (χ0) is 14.7. The summed E-state index contributed by atoms with van der Waals surface area (Å²) < 4.78 is 13.7. The molecule has 0 fully saturated rings. The molecule has 1 amide bonds. The molecule has 2 aromatic carbocycles. The molecule has 0 radical (unpaired) electrons. The van der Waals surface area contributed by atoms with Crippen molar-refractivity contribution in [3.63, 3.8) is 0 Å². The highest BCUT2D eigenvalue weighted by molar-refractivity contribution is 6.07. The zero-order valence-electron chi connectivity index (χ0n) is 10.9. The van der Waals surface area contributed by atoms with E-state index in [2.05, 4.69) is 5.32 Å². The van der Waals surface area contributed by atoms with Crippen LogP contribution >= 0.6 is 0 Å². The van der Waals surface area contributed by atoms with Gasteiger partial charge in [-0.3, -0.25) is 9.59 Å². The van der Waals surface area contributed by atoms with Crippen LogP contribution in [0.5, 0.6) is 0 Å². The van der Waals surface area contributed by atoms with Crippen molar-refractivity contribution in [3.05, 3.63) is 47.8 Å². The van der Waals surface area contributed by atoms with E-state index in [1.165, 1.54) is 12.1 Å². The Labute approximate surface area is 115 Å². The van der Waals surface area contributed by atoms with Gasteiger partial charge in [-0.25, -0.2) is 4.39 Å². The van der Waals surface area contributed by atoms with Crippen molar-refractivity contribution in [3.8, 4) is 0 Å². The largest absolute Gasteiger partial charge is 0.481 e. The highest BCUT2D eigenvalue weighted by atomic mass is 19.1. The van der Waals surface area contributed by atoms with Crippen LogP contribution in [-0.2, 0) is 4.79 Å². The van der Waals surface area contributed by atoms with E-state index in [0.717, 1.165) is 0 Å². The number of aliphatic carboxylic acids is 1. The van der Waals surface area contributed by atoms with Crippen molar-refractivity contribution in [1.29, 1.82) is 0 Å². The van der Waals surface area contributed by atoms with Gasteiger partial charge in [-0.05, 0) is 24.4 Å². The number of carbonyl (C=O) groups is 2. The molecule has 0 bridgehead atoms. The third kappa shape index (κ3) is 2.93. The number of nitrogens with one attached hydrogen (secondary N) is 1. The van der Waals surface area contributed by atoms with E-state index in [1.54, 1.807) is 31.2 Å². The van der Waals surface area contributed by atoms with Gasteiger partial charge < -0.3 is 10.4 Å². The molecule has 1 unspecified atom stereocenters. The Morgan fingerprint density at radius 1 is 1.20 bits per heavy atom. The van der Waals surface area contributed by atoms with Gasteiger partial charge in [-0.2, -0.15) is 0 Å². The Hall–Kier alpha value is -2.43. The Morgan fingerprint density at radius 2 is 1.85 bits per heavy atom. The summed E-state index contributed by atoms with van der Waals surface area (Å²) in [6.45, 7) is 1.61. The van der Waals surface area contributed by atoms with Crippen LogP contribution in [0.25, 0.3) is 10.8 Å². The van der Waals surface area contributed by atoms with Gasteiger partial charge in [0.1, 0.15) is 5.82 Å². The molecule has 20 heavy (non-hydrogen) atoms. The van der Waals surface area contributed by atoms with Crippen LogP contribution in [0.4, 0.5) is 4.39 Å². The average Bonchev–Trinajstić information content (AvgIpc) is 2.38. The summed E-state index contributed by atoms with van der Waals surface area (Å²) in [5, 5.41) is 12.1. The lowest BCUT2D eigenvalue weighted by Gasteiger charge is -2.13. The molecule has 0 aliphatic rings. The lowest BCUT2D eigenvalue weighted by Crippen LogP contribution is -2.34. The highest BCUT2D eigenvalue weighted by Crippen LogP contribution is 2.21. The molecule has 0 aliphatic heterocycles. The Balaban J connectivity index is 2.31. The first-order valence-electron chi connectivity index (χ1n) is 6.19. The minimum absolute atomic E-state index is 0.162. The first-order chi connectivity index (χ1) is 9.49. The SMILES string of the molecule is CC(CC(=O)O)NC(=O)c1ccc(F)c2ccccc12. The maximum Gasteiger partial charge on any atom is 0.305 e. The predicted molar refractivity (Wildman–Crippen MR) is 73.1 cm³/mol. The summed E-state index contributed by atoms with van der Waals surface area (Å²) in [5.41, 5.74) is 0.333. The Kier molecular flexibility index (Phi) is 3.98. The standard InChI is InChI=1S/C15H14FNO3/c1-9(8-14(18)19)17-15(20)12-6-7-13(16)11-5-3-2-4-10(11)12/h2-7,9H,8H2,1H3,(H,17,20)(H,18,19). The summed E-state index contributed by atoms with van der Waals surface area (Å²) in [7, 11) is 0. The Bertz CT molecular complexity index is 669. The summed E-state index contributed by atoms with van der Waals surface area (Å²) in [6, 6.07) is 8.82. The summed E-state index contributed by atoms with van der Waals surface area (Å²) in [6.07, 6.45) is -0.162. The molecule has 2 N–H and O–H groups in total. The number of carbonyl (C=O) groups excluding carboxylic acids is 1. The van der Waals surface area contributed by atoms with Gasteiger partial charge in [-0.1, -0.05) is 24.3 Å². The van der Waals surface area contributed by atoms with Gasteiger partial charge in [0.05, 0.1) is 6.42 Å². The number of halogens is 1.